The summed E-state index contributed by atoms with van der Waals surface area (Å²) in [7, 11) is 0. The average Bonchev–Trinajstić information content (AvgIpc) is 2.87. The summed E-state index contributed by atoms with van der Waals surface area (Å²) in [6.45, 7) is 0.111. The molecule has 0 aliphatic carbocycles. The van der Waals surface area contributed by atoms with E-state index >= 15 is 0 Å². The third-order valence-electron chi connectivity index (χ3n) is 2.61. The van der Waals surface area contributed by atoms with Gasteiger partial charge in [0.05, 0.1) is 29.2 Å². The second-order valence-electron chi connectivity index (χ2n) is 3.93. The summed E-state index contributed by atoms with van der Waals surface area (Å²) in [5, 5.41) is 32.9. The van der Waals surface area contributed by atoms with Gasteiger partial charge in [0.2, 0.25) is 0 Å². The van der Waals surface area contributed by atoms with Crippen LogP contribution in [0.2, 0.25) is 0 Å². The van der Waals surface area contributed by atoms with E-state index in [0.29, 0.717) is 11.1 Å². The summed E-state index contributed by atoms with van der Waals surface area (Å²) < 4.78 is 1.31. The van der Waals surface area contributed by atoms with Crippen LogP contribution in [0.5, 0.6) is 0 Å². The number of nitriles is 1. The zero-order chi connectivity index (χ0) is 13.8. The van der Waals surface area contributed by atoms with Gasteiger partial charge in [-0.05, 0) is 17.7 Å². The molecule has 0 bridgehead atoms. The molecule has 19 heavy (non-hydrogen) atoms. The number of aliphatic hydroxyl groups is 1. The Morgan fingerprint density at radius 2 is 2.16 bits per heavy atom. The molecule has 0 aliphatic heterocycles. The fourth-order valence-electron chi connectivity index (χ4n) is 1.61. The van der Waals surface area contributed by atoms with Crippen molar-refractivity contribution in [2.24, 2.45) is 0 Å². The highest BCUT2D eigenvalue weighted by Crippen LogP contribution is 2.17. The number of nitro groups is 1. The Kier molecular flexibility index (Phi) is 3.54. The van der Waals surface area contributed by atoms with Gasteiger partial charge in [-0.1, -0.05) is 12.1 Å². The minimum atomic E-state index is -0.841. The predicted octanol–water partition coefficient (Wildman–Crippen LogP) is 1.40. The third kappa shape index (κ3) is 2.94. The van der Waals surface area contributed by atoms with Crippen molar-refractivity contribution in [3.63, 3.8) is 0 Å². The van der Waals surface area contributed by atoms with Crippen LogP contribution < -0.4 is 0 Å². The third-order valence-corrected chi connectivity index (χ3v) is 2.61. The van der Waals surface area contributed by atoms with Gasteiger partial charge in [-0.2, -0.15) is 10.4 Å². The van der Waals surface area contributed by atoms with Gasteiger partial charge in [0.25, 0.3) is 0 Å². The molecule has 1 aromatic heterocycles. The highest BCUT2D eigenvalue weighted by atomic mass is 16.6. The van der Waals surface area contributed by atoms with E-state index in [1.165, 1.54) is 10.9 Å². The summed E-state index contributed by atoms with van der Waals surface area (Å²) >= 11 is 0. The molecule has 1 atom stereocenters. The van der Waals surface area contributed by atoms with Gasteiger partial charge in [-0.3, -0.25) is 14.8 Å². The number of nitrogens with zero attached hydrogens (tertiary/aromatic N) is 4. The van der Waals surface area contributed by atoms with Crippen molar-refractivity contribution in [2.75, 3.05) is 0 Å². The van der Waals surface area contributed by atoms with Crippen molar-refractivity contribution in [2.45, 2.75) is 12.6 Å². The molecule has 7 nitrogen and oxygen atoms in total. The number of aromatic nitrogens is 2. The van der Waals surface area contributed by atoms with E-state index in [9.17, 15) is 15.2 Å². The number of benzene rings is 1. The van der Waals surface area contributed by atoms with Crippen molar-refractivity contribution in [3.8, 4) is 6.07 Å². The zero-order valence-corrected chi connectivity index (χ0v) is 9.80. The molecule has 2 aromatic rings. The molecule has 1 N–H and O–H groups in total. The van der Waals surface area contributed by atoms with Crippen molar-refractivity contribution in [1.82, 2.24) is 9.78 Å². The van der Waals surface area contributed by atoms with E-state index in [1.807, 2.05) is 6.07 Å². The molecule has 0 aliphatic rings. The van der Waals surface area contributed by atoms with Crippen LogP contribution in [0.3, 0.4) is 0 Å². The lowest BCUT2D eigenvalue weighted by molar-refractivity contribution is -0.385. The van der Waals surface area contributed by atoms with Gasteiger partial charge in [-0.15, -0.1) is 0 Å². The van der Waals surface area contributed by atoms with Gasteiger partial charge in [0.15, 0.2) is 0 Å². The lowest BCUT2D eigenvalue weighted by atomic mass is 10.1. The quantitative estimate of drug-likeness (QED) is 0.659. The normalized spacial score (nSPS) is 11.8. The highest BCUT2D eigenvalue weighted by molar-refractivity contribution is 5.32. The maximum atomic E-state index is 10.5. The Labute approximate surface area is 108 Å². The Morgan fingerprint density at radius 3 is 2.68 bits per heavy atom. The molecule has 96 valence electrons. The highest BCUT2D eigenvalue weighted by Gasteiger charge is 2.13. The van der Waals surface area contributed by atoms with Crippen LogP contribution in [0.15, 0.2) is 36.7 Å². The molecule has 0 saturated heterocycles. The largest absolute Gasteiger partial charge is 0.386 e. The van der Waals surface area contributed by atoms with Gasteiger partial charge in [0, 0.05) is 0 Å². The Morgan fingerprint density at radius 1 is 1.47 bits per heavy atom. The van der Waals surface area contributed by atoms with Crippen LogP contribution in [0.4, 0.5) is 5.69 Å². The Hall–Kier alpha value is -2.72. The molecular weight excluding hydrogens is 248 g/mol. The molecular formula is C12H10N4O3. The predicted molar refractivity (Wildman–Crippen MR) is 65.0 cm³/mol. The van der Waals surface area contributed by atoms with Crippen molar-refractivity contribution in [1.29, 1.82) is 5.26 Å². The topological polar surface area (TPSA) is 105 Å². The van der Waals surface area contributed by atoms with Gasteiger partial charge in [0.1, 0.15) is 12.4 Å². The maximum Gasteiger partial charge on any atom is 0.306 e. The molecule has 1 aromatic carbocycles. The van der Waals surface area contributed by atoms with E-state index < -0.39 is 11.0 Å². The van der Waals surface area contributed by atoms with E-state index in [2.05, 4.69) is 5.10 Å². The average molecular weight is 258 g/mol. The molecule has 0 amide bonds. The van der Waals surface area contributed by atoms with Gasteiger partial charge >= 0.3 is 5.69 Å². The van der Waals surface area contributed by atoms with Crippen LogP contribution in [0.1, 0.15) is 17.2 Å². The molecule has 0 spiro atoms. The first-order valence-corrected chi connectivity index (χ1v) is 5.45. The van der Waals surface area contributed by atoms with Crippen molar-refractivity contribution in [3.05, 3.63) is 57.9 Å². The first kappa shape index (κ1) is 12.7. The van der Waals surface area contributed by atoms with Crippen LogP contribution in [-0.2, 0) is 6.54 Å². The second-order valence-corrected chi connectivity index (χ2v) is 3.93. The maximum absolute atomic E-state index is 10.5. The second kappa shape index (κ2) is 5.29. The summed E-state index contributed by atoms with van der Waals surface area (Å²) in [4.78, 5) is 9.96. The minimum absolute atomic E-state index is 0.111. The smallest absolute Gasteiger partial charge is 0.306 e. The summed E-state index contributed by atoms with van der Waals surface area (Å²) in [5.41, 5.74) is 1.01. The molecule has 1 unspecified atom stereocenters. The van der Waals surface area contributed by atoms with Crippen molar-refractivity contribution >= 4 is 5.69 Å². The first-order valence-electron chi connectivity index (χ1n) is 5.45. The monoisotopic (exact) mass is 258 g/mol. The van der Waals surface area contributed by atoms with Crippen LogP contribution in [-0.4, -0.2) is 19.8 Å². The number of aliphatic hydroxyl groups excluding tert-OH is 1. The lowest BCUT2D eigenvalue weighted by Gasteiger charge is -2.10. The molecule has 2 rings (SSSR count). The van der Waals surface area contributed by atoms with Crippen LogP contribution in [0.25, 0.3) is 0 Å². The minimum Gasteiger partial charge on any atom is -0.386 e. The van der Waals surface area contributed by atoms with E-state index in [0.717, 1.165) is 6.20 Å². The fourth-order valence-corrected chi connectivity index (χ4v) is 1.61. The Bertz CT molecular complexity index is 627. The van der Waals surface area contributed by atoms with Crippen LogP contribution in [0, 0.1) is 21.4 Å². The molecule has 1 heterocycles. The number of rotatable bonds is 4. The van der Waals surface area contributed by atoms with Gasteiger partial charge < -0.3 is 5.11 Å². The summed E-state index contributed by atoms with van der Waals surface area (Å²) in [6.07, 6.45) is 1.55. The van der Waals surface area contributed by atoms with Crippen molar-refractivity contribution < 1.29 is 10.0 Å². The fraction of sp³-hybridized carbons (Fsp3) is 0.167. The number of hydrogen-bond donors (Lipinski definition) is 1. The first-order chi connectivity index (χ1) is 9.10. The molecule has 0 radical (unpaired) electrons. The zero-order valence-electron chi connectivity index (χ0n) is 9.80. The molecule has 7 heteroatoms. The molecule has 0 saturated carbocycles. The van der Waals surface area contributed by atoms with E-state index in [4.69, 9.17) is 5.26 Å². The Balaban J connectivity index is 2.09. The van der Waals surface area contributed by atoms with E-state index in [-0.39, 0.29) is 12.2 Å². The van der Waals surface area contributed by atoms with E-state index in [1.54, 1.807) is 24.3 Å². The number of hydrogen-bond acceptors (Lipinski definition) is 5. The molecule has 0 fully saturated rings. The van der Waals surface area contributed by atoms with Crippen LogP contribution >= 0.6 is 0 Å². The summed E-state index contributed by atoms with van der Waals surface area (Å²) in [5.74, 6) is 0. The standard InChI is InChI=1S/C12H10N4O3/c13-5-9-1-3-10(4-2-9)12(17)8-15-7-11(6-14-15)16(18)19/h1-4,6-7,12,17H,8H2. The summed E-state index contributed by atoms with van der Waals surface area (Å²) in [6, 6.07) is 8.47. The van der Waals surface area contributed by atoms with Gasteiger partial charge in [-0.25, -0.2) is 0 Å². The lowest BCUT2D eigenvalue weighted by Crippen LogP contribution is -2.09. The SMILES string of the molecule is N#Cc1ccc(C(O)Cn2cc([N+](=O)[O-])cn2)cc1.